The SMILES string of the molecule is COc1ccc2c(c1)CCOC21CCN(C(=O)c2ccc(OC)c(OCCN)c2)CC1. The number of methoxy groups -OCH3 is 2. The molecule has 2 aromatic rings. The van der Waals surface area contributed by atoms with Crippen molar-refractivity contribution in [2.24, 2.45) is 5.73 Å². The average molecular weight is 427 g/mol. The fourth-order valence-electron chi connectivity index (χ4n) is 4.54. The second kappa shape index (κ2) is 9.16. The lowest BCUT2D eigenvalue weighted by Gasteiger charge is -2.45. The van der Waals surface area contributed by atoms with Crippen LogP contribution in [-0.4, -0.2) is 57.9 Å². The third-order valence-electron chi connectivity index (χ3n) is 6.20. The number of likely N-dealkylation sites (tertiary alicyclic amines) is 1. The van der Waals surface area contributed by atoms with Gasteiger partial charge < -0.3 is 29.6 Å². The molecule has 2 aliphatic rings. The topological polar surface area (TPSA) is 83.2 Å². The molecule has 0 radical (unpaired) electrons. The van der Waals surface area contributed by atoms with Crippen molar-refractivity contribution in [3.8, 4) is 17.2 Å². The summed E-state index contributed by atoms with van der Waals surface area (Å²) in [5.74, 6) is 1.98. The normalized spacial score (nSPS) is 17.2. The zero-order valence-corrected chi connectivity index (χ0v) is 18.2. The summed E-state index contributed by atoms with van der Waals surface area (Å²) in [6, 6.07) is 11.5. The Bertz CT molecular complexity index is 938. The standard InChI is InChI=1S/C24H30N2O5/c1-28-19-4-5-20-17(15-19)7-13-31-24(20)8-11-26(12-9-24)23(27)18-3-6-21(29-2)22(16-18)30-14-10-25/h3-6,15-16H,7-14,25H2,1-2H3. The highest BCUT2D eigenvalue weighted by Crippen LogP contribution is 2.42. The van der Waals surface area contributed by atoms with Gasteiger partial charge in [0.1, 0.15) is 12.4 Å². The number of amides is 1. The van der Waals surface area contributed by atoms with Gasteiger partial charge in [-0.3, -0.25) is 4.79 Å². The van der Waals surface area contributed by atoms with Crippen molar-refractivity contribution < 1.29 is 23.7 Å². The first-order valence-electron chi connectivity index (χ1n) is 10.7. The molecule has 0 aliphatic carbocycles. The molecule has 7 nitrogen and oxygen atoms in total. The number of carbonyl (C=O) groups is 1. The first kappa shape index (κ1) is 21.5. The number of rotatable bonds is 6. The first-order valence-corrected chi connectivity index (χ1v) is 10.7. The van der Waals surface area contributed by atoms with Crippen molar-refractivity contribution in [1.82, 2.24) is 4.90 Å². The molecule has 4 rings (SSSR count). The number of nitrogens with two attached hydrogens (primary N) is 1. The van der Waals surface area contributed by atoms with E-state index in [2.05, 4.69) is 12.1 Å². The highest BCUT2D eigenvalue weighted by Gasteiger charge is 2.41. The van der Waals surface area contributed by atoms with Crippen LogP contribution in [-0.2, 0) is 16.8 Å². The van der Waals surface area contributed by atoms with E-state index in [1.54, 1.807) is 32.4 Å². The van der Waals surface area contributed by atoms with Crippen molar-refractivity contribution in [2.75, 3.05) is 47.1 Å². The van der Waals surface area contributed by atoms with Gasteiger partial charge in [-0.2, -0.15) is 0 Å². The van der Waals surface area contributed by atoms with Crippen LogP contribution < -0.4 is 19.9 Å². The van der Waals surface area contributed by atoms with E-state index in [0.717, 1.165) is 25.0 Å². The summed E-state index contributed by atoms with van der Waals surface area (Å²) < 4.78 is 22.7. The Morgan fingerprint density at radius 2 is 1.90 bits per heavy atom. The maximum Gasteiger partial charge on any atom is 0.253 e. The van der Waals surface area contributed by atoms with Gasteiger partial charge in [-0.15, -0.1) is 0 Å². The Hall–Kier alpha value is -2.77. The molecule has 1 fully saturated rings. The number of hydrogen-bond acceptors (Lipinski definition) is 6. The molecule has 2 aromatic carbocycles. The second-order valence-corrected chi connectivity index (χ2v) is 7.91. The van der Waals surface area contributed by atoms with Crippen LogP contribution in [0.5, 0.6) is 17.2 Å². The Morgan fingerprint density at radius 1 is 1.10 bits per heavy atom. The summed E-state index contributed by atoms with van der Waals surface area (Å²) in [6.45, 7) is 2.71. The molecule has 2 aliphatic heterocycles. The van der Waals surface area contributed by atoms with Gasteiger partial charge in [0, 0.05) is 25.2 Å². The zero-order valence-electron chi connectivity index (χ0n) is 18.2. The van der Waals surface area contributed by atoms with E-state index in [1.807, 2.05) is 11.0 Å². The number of hydrogen-bond donors (Lipinski definition) is 1. The van der Waals surface area contributed by atoms with Crippen LogP contribution in [0.15, 0.2) is 36.4 Å². The first-order chi connectivity index (χ1) is 15.1. The van der Waals surface area contributed by atoms with Crippen molar-refractivity contribution in [3.63, 3.8) is 0 Å². The fraction of sp³-hybridized carbons (Fsp3) is 0.458. The van der Waals surface area contributed by atoms with Gasteiger partial charge in [0.15, 0.2) is 11.5 Å². The summed E-state index contributed by atoms with van der Waals surface area (Å²) >= 11 is 0. The molecule has 1 saturated heterocycles. The highest BCUT2D eigenvalue weighted by atomic mass is 16.5. The molecule has 0 unspecified atom stereocenters. The quantitative estimate of drug-likeness (QED) is 0.765. The van der Waals surface area contributed by atoms with E-state index in [-0.39, 0.29) is 11.5 Å². The van der Waals surface area contributed by atoms with E-state index in [4.69, 9.17) is 24.7 Å². The van der Waals surface area contributed by atoms with Crippen LogP contribution in [0.4, 0.5) is 0 Å². The molecule has 7 heteroatoms. The molecule has 0 aromatic heterocycles. The maximum atomic E-state index is 13.2. The van der Waals surface area contributed by atoms with Crippen LogP contribution >= 0.6 is 0 Å². The number of carbonyl (C=O) groups excluding carboxylic acids is 1. The number of benzene rings is 2. The lowest BCUT2D eigenvalue weighted by Crippen LogP contribution is -2.48. The summed E-state index contributed by atoms with van der Waals surface area (Å²) in [4.78, 5) is 15.1. The van der Waals surface area contributed by atoms with Gasteiger partial charge in [0.2, 0.25) is 0 Å². The van der Waals surface area contributed by atoms with Gasteiger partial charge in [-0.25, -0.2) is 0 Å². The van der Waals surface area contributed by atoms with Crippen molar-refractivity contribution in [1.29, 1.82) is 0 Å². The Morgan fingerprint density at radius 3 is 2.61 bits per heavy atom. The lowest BCUT2D eigenvalue weighted by molar-refractivity contribution is -0.0935. The zero-order chi connectivity index (χ0) is 21.8. The van der Waals surface area contributed by atoms with Crippen LogP contribution in [0.2, 0.25) is 0 Å². The lowest BCUT2D eigenvalue weighted by atomic mass is 9.79. The average Bonchev–Trinajstić information content (AvgIpc) is 2.82. The fourth-order valence-corrected chi connectivity index (χ4v) is 4.54. The minimum absolute atomic E-state index is 0.0131. The number of fused-ring (bicyclic) bond motifs is 2. The van der Waals surface area contributed by atoms with Crippen molar-refractivity contribution >= 4 is 5.91 Å². The monoisotopic (exact) mass is 426 g/mol. The van der Waals surface area contributed by atoms with E-state index in [9.17, 15) is 4.79 Å². The van der Waals surface area contributed by atoms with E-state index in [1.165, 1.54) is 11.1 Å². The largest absolute Gasteiger partial charge is 0.497 e. The summed E-state index contributed by atoms with van der Waals surface area (Å²) in [6.07, 6.45) is 2.42. The molecule has 0 atom stereocenters. The van der Waals surface area contributed by atoms with Gasteiger partial charge >= 0.3 is 0 Å². The Balaban J connectivity index is 1.49. The third-order valence-corrected chi connectivity index (χ3v) is 6.20. The van der Waals surface area contributed by atoms with E-state index in [0.29, 0.717) is 49.9 Å². The minimum atomic E-state index is -0.327. The maximum absolute atomic E-state index is 13.2. The molecule has 2 N–H and O–H groups in total. The molecular formula is C24H30N2O5. The molecule has 0 saturated carbocycles. The molecule has 31 heavy (non-hydrogen) atoms. The van der Waals surface area contributed by atoms with E-state index >= 15 is 0 Å². The van der Waals surface area contributed by atoms with Crippen molar-refractivity contribution in [2.45, 2.75) is 24.9 Å². The van der Waals surface area contributed by atoms with Gasteiger partial charge in [0.25, 0.3) is 5.91 Å². The van der Waals surface area contributed by atoms with Gasteiger partial charge in [0.05, 0.1) is 26.4 Å². The van der Waals surface area contributed by atoms with Gasteiger partial charge in [-0.05, 0) is 60.7 Å². The summed E-state index contributed by atoms with van der Waals surface area (Å²) in [5, 5.41) is 0. The molecule has 1 spiro atoms. The molecule has 2 heterocycles. The predicted molar refractivity (Wildman–Crippen MR) is 117 cm³/mol. The summed E-state index contributed by atoms with van der Waals surface area (Å²) in [7, 11) is 3.26. The second-order valence-electron chi connectivity index (χ2n) is 7.91. The smallest absolute Gasteiger partial charge is 0.253 e. The van der Waals surface area contributed by atoms with Crippen molar-refractivity contribution in [3.05, 3.63) is 53.1 Å². The van der Waals surface area contributed by atoms with Crippen LogP contribution in [0.1, 0.15) is 34.3 Å². The summed E-state index contributed by atoms with van der Waals surface area (Å²) in [5.41, 5.74) is 8.31. The van der Waals surface area contributed by atoms with Crippen LogP contribution in [0.25, 0.3) is 0 Å². The number of ether oxygens (including phenoxy) is 4. The van der Waals surface area contributed by atoms with Gasteiger partial charge in [-0.1, -0.05) is 6.07 Å². The highest BCUT2D eigenvalue weighted by molar-refractivity contribution is 5.95. The third kappa shape index (κ3) is 4.20. The predicted octanol–water partition coefficient (Wildman–Crippen LogP) is 2.75. The number of piperidine rings is 1. The Labute approximate surface area is 183 Å². The molecule has 1 amide bonds. The van der Waals surface area contributed by atoms with Crippen LogP contribution in [0, 0.1) is 0 Å². The molecule has 0 bridgehead atoms. The Kier molecular flexibility index (Phi) is 6.34. The number of nitrogens with zero attached hydrogens (tertiary/aromatic N) is 1. The van der Waals surface area contributed by atoms with E-state index < -0.39 is 0 Å². The molecule has 166 valence electrons. The minimum Gasteiger partial charge on any atom is -0.497 e. The molecular weight excluding hydrogens is 396 g/mol. The van der Waals surface area contributed by atoms with Crippen LogP contribution in [0.3, 0.4) is 0 Å².